The van der Waals surface area contributed by atoms with E-state index in [9.17, 15) is 8.78 Å². The number of allylic oxidation sites excluding steroid dienone is 2. The van der Waals surface area contributed by atoms with Crippen molar-refractivity contribution < 1.29 is 13.5 Å². The van der Waals surface area contributed by atoms with Crippen LogP contribution in [-0.4, -0.2) is 16.7 Å². The molecule has 4 N–H and O–H groups in total. The van der Waals surface area contributed by atoms with Crippen molar-refractivity contribution in [2.24, 2.45) is 11.5 Å². The first-order valence-corrected chi connectivity index (χ1v) is 6.85. The van der Waals surface area contributed by atoms with Crippen molar-refractivity contribution in [3.8, 4) is 0 Å². The summed E-state index contributed by atoms with van der Waals surface area (Å²) in [4.78, 5) is 4.39. The molecular formula is C15H16F2N4O. The van der Waals surface area contributed by atoms with Crippen LogP contribution >= 0.6 is 0 Å². The molecule has 2 aromatic rings. The van der Waals surface area contributed by atoms with E-state index in [-0.39, 0.29) is 11.9 Å². The first kappa shape index (κ1) is 14.4. The number of ether oxygens (including phenoxy) is 1. The summed E-state index contributed by atoms with van der Waals surface area (Å²) in [6.07, 6.45) is 4.79. The van der Waals surface area contributed by atoms with Crippen molar-refractivity contribution in [3.63, 3.8) is 0 Å². The minimum Gasteiger partial charge on any atom is -0.483 e. The van der Waals surface area contributed by atoms with Crippen molar-refractivity contribution >= 4 is 16.6 Å². The lowest BCUT2D eigenvalue weighted by molar-refractivity contribution is 0.288. The summed E-state index contributed by atoms with van der Waals surface area (Å²) < 4.78 is 33.8. The highest BCUT2D eigenvalue weighted by atomic mass is 19.2. The maximum absolute atomic E-state index is 13.6. The quantitative estimate of drug-likeness (QED) is 0.671. The van der Waals surface area contributed by atoms with Crippen LogP contribution in [0.1, 0.15) is 24.7 Å². The smallest absolute Gasteiger partial charge is 0.184 e. The highest BCUT2D eigenvalue weighted by Gasteiger charge is 2.29. The van der Waals surface area contributed by atoms with Gasteiger partial charge < -0.3 is 20.8 Å². The molecule has 3 rings (SSSR count). The molecule has 22 heavy (non-hydrogen) atoms. The third kappa shape index (κ3) is 2.38. The Bertz CT molecular complexity index is 790. The van der Waals surface area contributed by atoms with Crippen molar-refractivity contribution in [1.82, 2.24) is 9.55 Å². The van der Waals surface area contributed by atoms with Gasteiger partial charge >= 0.3 is 0 Å². The highest BCUT2D eigenvalue weighted by molar-refractivity contribution is 5.82. The predicted octanol–water partition coefficient (Wildman–Crippen LogP) is 2.40. The van der Waals surface area contributed by atoms with Crippen molar-refractivity contribution in [2.45, 2.75) is 18.9 Å². The van der Waals surface area contributed by atoms with Crippen LogP contribution in [0.25, 0.3) is 16.6 Å². The van der Waals surface area contributed by atoms with Gasteiger partial charge in [-0.3, -0.25) is 0 Å². The maximum Gasteiger partial charge on any atom is 0.184 e. The number of aromatic nitrogens is 2. The van der Waals surface area contributed by atoms with E-state index in [1.165, 1.54) is 19.4 Å². The first-order valence-electron chi connectivity index (χ1n) is 6.85. The van der Waals surface area contributed by atoms with Crippen LogP contribution in [0.5, 0.6) is 0 Å². The second kappa shape index (κ2) is 5.32. The summed E-state index contributed by atoms with van der Waals surface area (Å²) in [7, 11) is 1.44. The fourth-order valence-electron chi connectivity index (χ4n) is 2.40. The molecule has 1 aromatic heterocycles. The molecule has 0 spiro atoms. The lowest BCUT2D eigenvalue weighted by atomic mass is 10.2. The Kier molecular flexibility index (Phi) is 3.48. The number of nitrogens with zero attached hydrogens (tertiary/aromatic N) is 2. The normalized spacial score (nSPS) is 16.3. The highest BCUT2D eigenvalue weighted by Crippen LogP contribution is 2.40. The van der Waals surface area contributed by atoms with Gasteiger partial charge in [0, 0.05) is 36.0 Å². The standard InChI is InChI=1S/C15H16F2N4O/c1-22-14(19)4-8(7-18)15-20-12-5-10(16)11(17)6-13(12)21(15)9-2-3-9/h4-7,9H,2-3,18-19H2,1H3/b8-7+,14-4+. The van der Waals surface area contributed by atoms with Gasteiger partial charge in [0.2, 0.25) is 0 Å². The number of halogens is 2. The summed E-state index contributed by atoms with van der Waals surface area (Å²) in [5.74, 6) is -1.13. The van der Waals surface area contributed by atoms with E-state index in [1.807, 2.05) is 4.57 Å². The minimum absolute atomic E-state index is 0.170. The Balaban J connectivity index is 2.22. The van der Waals surface area contributed by atoms with Crippen LogP contribution in [0.15, 0.2) is 30.3 Å². The van der Waals surface area contributed by atoms with Crippen molar-refractivity contribution in [1.29, 1.82) is 0 Å². The molecule has 7 heteroatoms. The topological polar surface area (TPSA) is 79.1 Å². The Morgan fingerprint density at radius 2 is 2.05 bits per heavy atom. The van der Waals surface area contributed by atoms with Gasteiger partial charge in [0.05, 0.1) is 18.1 Å². The molecule has 0 unspecified atom stereocenters. The predicted molar refractivity (Wildman–Crippen MR) is 79.4 cm³/mol. The molecule has 1 aromatic carbocycles. The Morgan fingerprint density at radius 3 is 2.64 bits per heavy atom. The van der Waals surface area contributed by atoms with Gasteiger partial charge in [-0.1, -0.05) is 0 Å². The Morgan fingerprint density at radius 1 is 1.36 bits per heavy atom. The molecule has 0 bridgehead atoms. The van der Waals surface area contributed by atoms with E-state index >= 15 is 0 Å². The monoisotopic (exact) mass is 306 g/mol. The molecule has 0 saturated heterocycles. The Labute approximate surface area is 125 Å². The molecule has 0 radical (unpaired) electrons. The fraction of sp³-hybridized carbons (Fsp3) is 0.267. The number of methoxy groups -OCH3 is 1. The average molecular weight is 306 g/mol. The van der Waals surface area contributed by atoms with Gasteiger partial charge in [0.1, 0.15) is 5.82 Å². The van der Waals surface area contributed by atoms with E-state index < -0.39 is 11.6 Å². The average Bonchev–Trinajstić information content (AvgIpc) is 3.28. The van der Waals surface area contributed by atoms with Crippen LogP contribution in [-0.2, 0) is 4.74 Å². The van der Waals surface area contributed by atoms with Crippen LogP contribution < -0.4 is 11.5 Å². The molecule has 1 heterocycles. The lowest BCUT2D eigenvalue weighted by Gasteiger charge is -2.09. The molecule has 1 saturated carbocycles. The summed E-state index contributed by atoms with van der Waals surface area (Å²) >= 11 is 0. The maximum atomic E-state index is 13.6. The summed E-state index contributed by atoms with van der Waals surface area (Å²) in [6.45, 7) is 0. The van der Waals surface area contributed by atoms with E-state index in [1.54, 1.807) is 0 Å². The number of hydrogen-bond donors (Lipinski definition) is 2. The van der Waals surface area contributed by atoms with Crippen molar-refractivity contribution in [3.05, 3.63) is 47.8 Å². The first-order chi connectivity index (χ1) is 10.5. The van der Waals surface area contributed by atoms with Gasteiger partial charge in [0.25, 0.3) is 0 Å². The van der Waals surface area contributed by atoms with E-state index in [2.05, 4.69) is 4.98 Å². The number of hydrogen-bond acceptors (Lipinski definition) is 4. The molecule has 1 fully saturated rings. The van der Waals surface area contributed by atoms with Gasteiger partial charge in [-0.05, 0) is 12.8 Å². The Hall–Kier alpha value is -2.57. The lowest BCUT2D eigenvalue weighted by Crippen LogP contribution is -2.05. The second-order valence-electron chi connectivity index (χ2n) is 5.16. The molecule has 1 aliphatic carbocycles. The van der Waals surface area contributed by atoms with Crippen molar-refractivity contribution in [2.75, 3.05) is 7.11 Å². The zero-order valence-corrected chi connectivity index (χ0v) is 12.0. The summed E-state index contributed by atoms with van der Waals surface area (Å²) in [6, 6.07) is 2.46. The van der Waals surface area contributed by atoms with Crippen LogP contribution in [0.3, 0.4) is 0 Å². The van der Waals surface area contributed by atoms with E-state index in [0.29, 0.717) is 22.4 Å². The van der Waals surface area contributed by atoms with E-state index in [4.69, 9.17) is 16.2 Å². The molecular weight excluding hydrogens is 290 g/mol. The van der Waals surface area contributed by atoms with Crippen LogP contribution in [0.2, 0.25) is 0 Å². The summed E-state index contributed by atoms with van der Waals surface area (Å²) in [5.41, 5.74) is 12.8. The largest absolute Gasteiger partial charge is 0.483 e. The molecule has 1 aliphatic rings. The van der Waals surface area contributed by atoms with Crippen LogP contribution in [0, 0.1) is 11.6 Å². The second-order valence-corrected chi connectivity index (χ2v) is 5.16. The van der Waals surface area contributed by atoms with Gasteiger partial charge in [-0.15, -0.1) is 0 Å². The number of rotatable bonds is 4. The number of nitrogens with two attached hydrogens (primary N) is 2. The fourth-order valence-corrected chi connectivity index (χ4v) is 2.40. The van der Waals surface area contributed by atoms with Gasteiger partial charge in [0.15, 0.2) is 17.5 Å². The van der Waals surface area contributed by atoms with Crippen LogP contribution in [0.4, 0.5) is 8.78 Å². The van der Waals surface area contributed by atoms with Gasteiger partial charge in [-0.2, -0.15) is 0 Å². The SMILES string of the molecule is CO/C(N)=C/C(=C\N)c1nc2cc(F)c(F)cc2n1C1CC1. The molecule has 116 valence electrons. The minimum atomic E-state index is -0.926. The summed E-state index contributed by atoms with van der Waals surface area (Å²) in [5, 5.41) is 0. The number of fused-ring (bicyclic) bond motifs is 1. The van der Waals surface area contributed by atoms with E-state index in [0.717, 1.165) is 25.0 Å². The number of benzene rings is 1. The molecule has 5 nitrogen and oxygen atoms in total. The third-order valence-electron chi connectivity index (χ3n) is 3.61. The van der Waals surface area contributed by atoms with Gasteiger partial charge in [-0.25, -0.2) is 13.8 Å². The molecule has 0 aliphatic heterocycles. The zero-order chi connectivity index (χ0) is 15.9. The third-order valence-corrected chi connectivity index (χ3v) is 3.61. The molecule has 0 atom stereocenters. The number of imidazole rings is 1. The molecule has 0 amide bonds. The zero-order valence-electron chi connectivity index (χ0n) is 12.0.